The first-order valence-electron chi connectivity index (χ1n) is 13.0. The molecule has 1 aromatic carbocycles. The van der Waals surface area contributed by atoms with Crippen molar-refractivity contribution in [3.05, 3.63) is 34.9 Å². The van der Waals surface area contributed by atoms with E-state index in [0.29, 0.717) is 36.7 Å². The van der Waals surface area contributed by atoms with E-state index in [-0.39, 0.29) is 18.4 Å². The lowest BCUT2D eigenvalue weighted by molar-refractivity contribution is -0.138. The van der Waals surface area contributed by atoms with Crippen molar-refractivity contribution in [2.24, 2.45) is 17.8 Å². The molecule has 1 saturated heterocycles. The Morgan fingerprint density at radius 2 is 2.03 bits per heavy atom. The Morgan fingerprint density at radius 3 is 2.73 bits per heavy atom. The summed E-state index contributed by atoms with van der Waals surface area (Å²) in [6, 6.07) is 7.41. The molecule has 1 saturated carbocycles. The van der Waals surface area contributed by atoms with Gasteiger partial charge in [0.1, 0.15) is 0 Å². The first-order chi connectivity index (χ1) is 16.0. The number of aliphatic hydroxyl groups is 2. The smallest absolute Gasteiger partial charge is 0.222 e. The van der Waals surface area contributed by atoms with Crippen LogP contribution in [-0.4, -0.2) is 54.3 Å². The van der Waals surface area contributed by atoms with Crippen molar-refractivity contribution < 1.29 is 15.0 Å². The van der Waals surface area contributed by atoms with Crippen molar-refractivity contribution in [3.8, 4) is 0 Å². The molecular formula is C27H43ClN2O3. The highest BCUT2D eigenvalue weighted by Crippen LogP contribution is 2.40. The molecule has 0 bridgehead atoms. The lowest BCUT2D eigenvalue weighted by Crippen LogP contribution is -2.48. The summed E-state index contributed by atoms with van der Waals surface area (Å²) in [6.45, 7) is 2.23. The first kappa shape index (κ1) is 26.5. The number of carbonyl (C=O) groups excluding carboxylic acids is 1. The van der Waals surface area contributed by atoms with E-state index in [1.807, 2.05) is 36.2 Å². The van der Waals surface area contributed by atoms with Gasteiger partial charge in [0.15, 0.2) is 0 Å². The van der Waals surface area contributed by atoms with Crippen LogP contribution >= 0.6 is 11.6 Å². The maximum absolute atomic E-state index is 13.4. The molecule has 1 heterocycles. The van der Waals surface area contributed by atoms with Gasteiger partial charge < -0.3 is 20.4 Å². The standard InChI is InChI=1S/C27H43ClN2O3/c1-29-19-22(16-21-8-3-2-4-9-21)17-26(32)30-14-6-11-24(20-30)27(33,13-7-15-31)23-10-5-12-25(28)18-23/h5,10,12,18,21-22,24,29,31,33H,2-4,6-9,11,13-17,19-20H2,1H3/t22-,24-,27-/m1/s1. The fourth-order valence-electron chi connectivity index (χ4n) is 6.08. The Hall–Kier alpha value is -1.14. The number of nitrogens with one attached hydrogen (secondary N) is 1. The van der Waals surface area contributed by atoms with Crippen LogP contribution in [0.1, 0.15) is 76.2 Å². The Kier molecular flexibility index (Phi) is 10.5. The zero-order valence-electron chi connectivity index (χ0n) is 20.3. The second-order valence-corrected chi connectivity index (χ2v) is 10.7. The molecule has 3 rings (SSSR count). The van der Waals surface area contributed by atoms with Gasteiger partial charge >= 0.3 is 0 Å². The van der Waals surface area contributed by atoms with E-state index in [2.05, 4.69) is 5.32 Å². The van der Waals surface area contributed by atoms with Crippen LogP contribution in [0.5, 0.6) is 0 Å². The van der Waals surface area contributed by atoms with Crippen LogP contribution in [0, 0.1) is 17.8 Å². The lowest BCUT2D eigenvalue weighted by atomic mass is 9.74. The molecule has 1 aliphatic carbocycles. The number of rotatable bonds is 11. The molecule has 1 aromatic rings. The minimum Gasteiger partial charge on any atom is -0.396 e. The van der Waals surface area contributed by atoms with E-state index >= 15 is 0 Å². The second-order valence-electron chi connectivity index (χ2n) is 10.3. The maximum atomic E-state index is 13.4. The summed E-state index contributed by atoms with van der Waals surface area (Å²) in [5, 5.41) is 25.2. The number of halogens is 1. The van der Waals surface area contributed by atoms with E-state index in [4.69, 9.17) is 11.6 Å². The van der Waals surface area contributed by atoms with Gasteiger partial charge in [-0.1, -0.05) is 55.8 Å². The highest BCUT2D eigenvalue weighted by molar-refractivity contribution is 6.30. The Morgan fingerprint density at radius 1 is 1.24 bits per heavy atom. The van der Waals surface area contributed by atoms with Crippen molar-refractivity contribution in [1.82, 2.24) is 10.2 Å². The highest BCUT2D eigenvalue weighted by atomic mass is 35.5. The van der Waals surface area contributed by atoms with Gasteiger partial charge in [0.25, 0.3) is 0 Å². The molecule has 0 radical (unpaired) electrons. The number of piperidine rings is 1. The maximum Gasteiger partial charge on any atom is 0.222 e. The third kappa shape index (κ3) is 7.42. The summed E-state index contributed by atoms with van der Waals surface area (Å²) in [7, 11) is 1.97. The summed E-state index contributed by atoms with van der Waals surface area (Å²) in [5.74, 6) is 1.27. The van der Waals surface area contributed by atoms with Crippen LogP contribution < -0.4 is 5.32 Å². The molecular weight excluding hydrogens is 436 g/mol. The van der Waals surface area contributed by atoms with Crippen molar-refractivity contribution in [3.63, 3.8) is 0 Å². The molecule has 0 unspecified atom stereocenters. The van der Waals surface area contributed by atoms with E-state index in [1.54, 1.807) is 0 Å². The molecule has 5 nitrogen and oxygen atoms in total. The molecule has 6 heteroatoms. The molecule has 33 heavy (non-hydrogen) atoms. The minimum atomic E-state index is -1.10. The van der Waals surface area contributed by atoms with Crippen LogP contribution in [0.2, 0.25) is 5.02 Å². The number of amides is 1. The zero-order chi connectivity index (χ0) is 23.7. The summed E-state index contributed by atoms with van der Waals surface area (Å²) in [4.78, 5) is 15.3. The van der Waals surface area contributed by atoms with Gasteiger partial charge in [-0.3, -0.25) is 4.79 Å². The average molecular weight is 479 g/mol. The number of benzene rings is 1. The Bertz CT molecular complexity index is 740. The minimum absolute atomic E-state index is 0.0328. The van der Waals surface area contributed by atoms with Gasteiger partial charge in [0.2, 0.25) is 5.91 Å². The predicted molar refractivity (Wildman–Crippen MR) is 134 cm³/mol. The normalized spacial score (nSPS) is 22.7. The van der Waals surface area contributed by atoms with E-state index in [0.717, 1.165) is 43.8 Å². The summed E-state index contributed by atoms with van der Waals surface area (Å²) in [6.07, 6.45) is 11.0. The number of hydrogen-bond acceptors (Lipinski definition) is 4. The summed E-state index contributed by atoms with van der Waals surface area (Å²) < 4.78 is 0. The van der Waals surface area contributed by atoms with Crippen molar-refractivity contribution in [1.29, 1.82) is 0 Å². The van der Waals surface area contributed by atoms with E-state index in [1.165, 1.54) is 32.1 Å². The van der Waals surface area contributed by atoms with Crippen LogP contribution in [-0.2, 0) is 10.4 Å². The Labute approximate surface area is 204 Å². The van der Waals surface area contributed by atoms with Crippen molar-refractivity contribution in [2.45, 2.75) is 76.2 Å². The highest BCUT2D eigenvalue weighted by Gasteiger charge is 2.41. The van der Waals surface area contributed by atoms with E-state index in [9.17, 15) is 15.0 Å². The molecule has 3 atom stereocenters. The number of likely N-dealkylation sites (tertiary alicyclic amines) is 1. The largest absolute Gasteiger partial charge is 0.396 e. The molecule has 1 amide bonds. The van der Waals surface area contributed by atoms with Crippen molar-refractivity contribution in [2.75, 3.05) is 33.3 Å². The van der Waals surface area contributed by atoms with Gasteiger partial charge in [-0.15, -0.1) is 0 Å². The van der Waals surface area contributed by atoms with Gasteiger partial charge in [0, 0.05) is 37.1 Å². The predicted octanol–water partition coefficient (Wildman–Crippen LogP) is 4.73. The summed E-state index contributed by atoms with van der Waals surface area (Å²) >= 11 is 6.24. The summed E-state index contributed by atoms with van der Waals surface area (Å²) in [5.41, 5.74) is -0.313. The first-order valence-corrected chi connectivity index (χ1v) is 13.4. The molecule has 1 aliphatic heterocycles. The number of nitrogens with zero attached hydrogens (tertiary/aromatic N) is 1. The van der Waals surface area contributed by atoms with Crippen LogP contribution in [0.4, 0.5) is 0 Å². The molecule has 2 aliphatic rings. The number of hydrogen-bond donors (Lipinski definition) is 3. The number of aliphatic hydroxyl groups excluding tert-OH is 1. The van der Waals surface area contributed by atoms with Crippen molar-refractivity contribution >= 4 is 17.5 Å². The SMILES string of the molecule is CNC[C@@H](CC(=O)N1CCC[C@@H]([C@@](O)(CCCO)c2cccc(Cl)c2)C1)CC1CCCCC1. The zero-order valence-corrected chi connectivity index (χ0v) is 21.0. The number of carbonyl (C=O) groups is 1. The molecule has 186 valence electrons. The van der Waals surface area contributed by atoms with Crippen LogP contribution in [0.3, 0.4) is 0 Å². The molecule has 2 fully saturated rings. The van der Waals surface area contributed by atoms with Gasteiger partial charge in [0.05, 0.1) is 5.60 Å². The fourth-order valence-corrected chi connectivity index (χ4v) is 6.27. The molecule has 0 spiro atoms. The quantitative estimate of drug-likeness (QED) is 0.429. The second kappa shape index (κ2) is 13.1. The average Bonchev–Trinajstić information content (AvgIpc) is 2.83. The van der Waals surface area contributed by atoms with E-state index < -0.39 is 5.60 Å². The Balaban J connectivity index is 1.68. The van der Waals surface area contributed by atoms with Gasteiger partial charge in [-0.25, -0.2) is 0 Å². The van der Waals surface area contributed by atoms with Crippen LogP contribution in [0.25, 0.3) is 0 Å². The third-order valence-electron chi connectivity index (χ3n) is 7.84. The third-order valence-corrected chi connectivity index (χ3v) is 8.07. The van der Waals surface area contributed by atoms with Gasteiger partial charge in [-0.05, 0) is 75.2 Å². The lowest BCUT2D eigenvalue weighted by Gasteiger charge is -2.43. The topological polar surface area (TPSA) is 72.8 Å². The molecule has 3 N–H and O–H groups in total. The fraction of sp³-hybridized carbons (Fsp3) is 0.741. The molecule has 0 aromatic heterocycles. The van der Waals surface area contributed by atoms with Crippen LogP contribution in [0.15, 0.2) is 24.3 Å². The monoisotopic (exact) mass is 478 g/mol. The van der Waals surface area contributed by atoms with Gasteiger partial charge in [-0.2, -0.15) is 0 Å².